The predicted molar refractivity (Wildman–Crippen MR) is 112 cm³/mol. The van der Waals surface area contributed by atoms with Crippen LogP contribution in [0.25, 0.3) is 0 Å². The lowest BCUT2D eigenvalue weighted by molar-refractivity contribution is -0.128. The Labute approximate surface area is 174 Å². The summed E-state index contributed by atoms with van der Waals surface area (Å²) in [6.45, 7) is 5.48. The molecule has 0 aliphatic rings. The van der Waals surface area contributed by atoms with Crippen LogP contribution in [-0.4, -0.2) is 23.8 Å². The van der Waals surface area contributed by atoms with Gasteiger partial charge in [-0.05, 0) is 61.4 Å². The lowest BCUT2D eigenvalue weighted by atomic mass is 10.1. The lowest BCUT2D eigenvalue weighted by Crippen LogP contribution is -2.47. The highest BCUT2D eigenvalue weighted by atomic mass is 35.5. The van der Waals surface area contributed by atoms with Crippen LogP contribution in [0.15, 0.2) is 48.5 Å². The highest BCUT2D eigenvalue weighted by molar-refractivity contribution is 6.30. The molecule has 0 aliphatic carbocycles. The quantitative estimate of drug-likeness (QED) is 0.600. The SMILES string of the molecule is CC(C)CC(=O)Nc1ccc(C(=O)NNC(=O)C(C)Oc2ccc(Cl)cc2)cc1. The summed E-state index contributed by atoms with van der Waals surface area (Å²) in [5, 5.41) is 3.33. The molecule has 1 unspecified atom stereocenters. The van der Waals surface area contributed by atoms with Crippen LogP contribution in [0.2, 0.25) is 5.02 Å². The van der Waals surface area contributed by atoms with Crippen molar-refractivity contribution in [3.63, 3.8) is 0 Å². The second-order valence-electron chi connectivity index (χ2n) is 6.88. The summed E-state index contributed by atoms with van der Waals surface area (Å²) in [6, 6.07) is 13.0. The van der Waals surface area contributed by atoms with Crippen molar-refractivity contribution in [1.29, 1.82) is 0 Å². The van der Waals surface area contributed by atoms with Crippen LogP contribution in [-0.2, 0) is 9.59 Å². The van der Waals surface area contributed by atoms with Crippen LogP contribution in [0, 0.1) is 5.92 Å². The zero-order chi connectivity index (χ0) is 21.4. The van der Waals surface area contributed by atoms with Gasteiger partial charge in [0.05, 0.1) is 0 Å². The Kier molecular flexibility index (Phi) is 8.03. The number of halogens is 1. The molecular formula is C21H24ClN3O4. The van der Waals surface area contributed by atoms with Crippen LogP contribution < -0.4 is 20.9 Å². The first kappa shape index (κ1) is 22.2. The van der Waals surface area contributed by atoms with Crippen molar-refractivity contribution >= 4 is 35.0 Å². The average Bonchev–Trinajstić information content (AvgIpc) is 2.67. The standard InChI is InChI=1S/C21H24ClN3O4/c1-13(2)12-19(26)23-17-8-4-15(5-9-17)21(28)25-24-20(27)14(3)29-18-10-6-16(22)7-11-18/h4-11,13-14H,12H2,1-3H3,(H,23,26)(H,24,27)(H,25,28). The number of hydrogen-bond acceptors (Lipinski definition) is 4. The summed E-state index contributed by atoms with van der Waals surface area (Å²) in [4.78, 5) is 36.0. The molecule has 0 saturated heterocycles. The third kappa shape index (κ3) is 7.46. The number of hydrazine groups is 1. The number of carbonyl (C=O) groups is 3. The maximum atomic E-state index is 12.2. The first-order valence-electron chi connectivity index (χ1n) is 9.17. The Balaban J connectivity index is 1.82. The fourth-order valence-corrected chi connectivity index (χ4v) is 2.48. The molecule has 0 heterocycles. The zero-order valence-electron chi connectivity index (χ0n) is 16.5. The Morgan fingerprint density at radius 3 is 2.14 bits per heavy atom. The normalized spacial score (nSPS) is 11.5. The van der Waals surface area contributed by atoms with E-state index in [9.17, 15) is 14.4 Å². The fraction of sp³-hybridized carbons (Fsp3) is 0.286. The number of nitrogens with one attached hydrogen (secondary N) is 3. The van der Waals surface area contributed by atoms with Gasteiger partial charge in [0, 0.05) is 22.7 Å². The molecule has 0 radical (unpaired) electrons. The van der Waals surface area contributed by atoms with E-state index in [-0.39, 0.29) is 11.8 Å². The van der Waals surface area contributed by atoms with E-state index < -0.39 is 17.9 Å². The largest absolute Gasteiger partial charge is 0.481 e. The Morgan fingerprint density at radius 2 is 1.55 bits per heavy atom. The Bertz CT molecular complexity index is 851. The van der Waals surface area contributed by atoms with E-state index in [0.717, 1.165) is 0 Å². The van der Waals surface area contributed by atoms with E-state index in [1.54, 1.807) is 55.5 Å². The van der Waals surface area contributed by atoms with E-state index in [1.165, 1.54) is 0 Å². The molecule has 2 rings (SSSR count). The predicted octanol–water partition coefficient (Wildman–Crippen LogP) is 3.55. The summed E-state index contributed by atoms with van der Waals surface area (Å²) < 4.78 is 5.49. The number of rotatable bonds is 7. The number of hydrogen-bond donors (Lipinski definition) is 3. The molecular weight excluding hydrogens is 394 g/mol. The van der Waals surface area contributed by atoms with E-state index >= 15 is 0 Å². The summed E-state index contributed by atoms with van der Waals surface area (Å²) in [6.07, 6.45) is -0.403. The van der Waals surface area contributed by atoms with Gasteiger partial charge >= 0.3 is 0 Å². The van der Waals surface area contributed by atoms with Crippen LogP contribution in [0.4, 0.5) is 5.69 Å². The number of ether oxygens (including phenoxy) is 1. The molecule has 0 aliphatic heterocycles. The number of benzene rings is 2. The minimum absolute atomic E-state index is 0.0841. The van der Waals surface area contributed by atoms with E-state index in [4.69, 9.17) is 16.3 Å². The first-order chi connectivity index (χ1) is 13.7. The topological polar surface area (TPSA) is 96.5 Å². The maximum Gasteiger partial charge on any atom is 0.279 e. The second kappa shape index (κ2) is 10.5. The van der Waals surface area contributed by atoms with Crippen molar-refractivity contribution in [3.05, 3.63) is 59.1 Å². The lowest BCUT2D eigenvalue weighted by Gasteiger charge is -2.15. The first-order valence-corrected chi connectivity index (χ1v) is 9.54. The van der Waals surface area contributed by atoms with Gasteiger partial charge in [-0.3, -0.25) is 25.2 Å². The van der Waals surface area contributed by atoms with Gasteiger partial charge in [0.2, 0.25) is 5.91 Å². The highest BCUT2D eigenvalue weighted by Crippen LogP contribution is 2.16. The van der Waals surface area contributed by atoms with Gasteiger partial charge in [0.1, 0.15) is 5.75 Å². The van der Waals surface area contributed by atoms with Gasteiger partial charge in [0.15, 0.2) is 6.10 Å². The van der Waals surface area contributed by atoms with Crippen molar-refractivity contribution in [3.8, 4) is 5.75 Å². The summed E-state index contributed by atoms with van der Waals surface area (Å²) in [5.74, 6) is -0.338. The minimum atomic E-state index is -0.824. The molecule has 0 spiro atoms. The molecule has 154 valence electrons. The van der Waals surface area contributed by atoms with Gasteiger partial charge in [-0.2, -0.15) is 0 Å². The molecule has 7 nitrogen and oxygen atoms in total. The number of anilines is 1. The van der Waals surface area contributed by atoms with Gasteiger partial charge in [0.25, 0.3) is 11.8 Å². The molecule has 0 aromatic heterocycles. The second-order valence-corrected chi connectivity index (χ2v) is 7.32. The molecule has 8 heteroatoms. The Morgan fingerprint density at radius 1 is 0.931 bits per heavy atom. The Hall–Kier alpha value is -3.06. The van der Waals surface area contributed by atoms with Crippen LogP contribution in [0.5, 0.6) is 5.75 Å². The molecule has 3 N–H and O–H groups in total. The number of carbonyl (C=O) groups excluding carboxylic acids is 3. The fourth-order valence-electron chi connectivity index (χ4n) is 2.35. The van der Waals surface area contributed by atoms with Crippen LogP contribution >= 0.6 is 11.6 Å². The summed E-state index contributed by atoms with van der Waals surface area (Å²) >= 11 is 5.80. The average molecular weight is 418 g/mol. The zero-order valence-corrected chi connectivity index (χ0v) is 17.2. The highest BCUT2D eigenvalue weighted by Gasteiger charge is 2.16. The van der Waals surface area contributed by atoms with Crippen molar-refractivity contribution < 1.29 is 19.1 Å². The molecule has 29 heavy (non-hydrogen) atoms. The van der Waals surface area contributed by atoms with Crippen LogP contribution in [0.3, 0.4) is 0 Å². The monoisotopic (exact) mass is 417 g/mol. The van der Waals surface area contributed by atoms with Crippen molar-refractivity contribution in [1.82, 2.24) is 10.9 Å². The molecule has 0 bridgehead atoms. The van der Waals surface area contributed by atoms with Crippen molar-refractivity contribution in [2.75, 3.05) is 5.32 Å². The van der Waals surface area contributed by atoms with Gasteiger partial charge in [-0.25, -0.2) is 0 Å². The molecule has 0 fully saturated rings. The smallest absolute Gasteiger partial charge is 0.279 e. The van der Waals surface area contributed by atoms with E-state index in [0.29, 0.717) is 28.4 Å². The van der Waals surface area contributed by atoms with Crippen LogP contribution in [0.1, 0.15) is 37.6 Å². The van der Waals surface area contributed by atoms with Gasteiger partial charge < -0.3 is 10.1 Å². The molecule has 2 aromatic rings. The molecule has 1 atom stereocenters. The molecule has 0 saturated carbocycles. The van der Waals surface area contributed by atoms with Crippen molar-refractivity contribution in [2.45, 2.75) is 33.3 Å². The third-order valence-corrected chi connectivity index (χ3v) is 4.07. The molecule has 2 aromatic carbocycles. The summed E-state index contributed by atoms with van der Waals surface area (Å²) in [5.41, 5.74) is 5.59. The van der Waals surface area contributed by atoms with Crippen molar-refractivity contribution in [2.24, 2.45) is 5.92 Å². The summed E-state index contributed by atoms with van der Waals surface area (Å²) in [7, 11) is 0. The number of amides is 3. The maximum absolute atomic E-state index is 12.2. The molecule has 3 amide bonds. The van der Waals surface area contributed by atoms with E-state index in [2.05, 4.69) is 16.2 Å². The third-order valence-electron chi connectivity index (χ3n) is 3.82. The van der Waals surface area contributed by atoms with Gasteiger partial charge in [-0.1, -0.05) is 25.4 Å². The van der Waals surface area contributed by atoms with Gasteiger partial charge in [-0.15, -0.1) is 0 Å². The minimum Gasteiger partial charge on any atom is -0.481 e. The van der Waals surface area contributed by atoms with E-state index in [1.807, 2.05) is 13.8 Å².